The molecule has 1 aromatic rings. The van der Waals surface area contributed by atoms with Crippen molar-refractivity contribution in [1.29, 1.82) is 0 Å². The first-order chi connectivity index (χ1) is 13.3. The van der Waals surface area contributed by atoms with Crippen molar-refractivity contribution < 1.29 is 22.7 Å². The summed E-state index contributed by atoms with van der Waals surface area (Å²) in [6.07, 6.45) is -0.593. The average Bonchev–Trinajstić information content (AvgIpc) is 3.01. The van der Waals surface area contributed by atoms with Gasteiger partial charge < -0.3 is 14.5 Å². The second kappa shape index (κ2) is 5.97. The molecule has 1 saturated carbocycles. The van der Waals surface area contributed by atoms with Gasteiger partial charge in [-0.05, 0) is 31.1 Å². The number of carbonyl (C=O) groups is 1. The van der Waals surface area contributed by atoms with Crippen molar-refractivity contribution in [2.45, 2.75) is 44.3 Å². The van der Waals surface area contributed by atoms with Gasteiger partial charge in [0, 0.05) is 31.5 Å². The molecule has 2 aliphatic heterocycles. The molecule has 0 spiro atoms. The molecular weight excluding hydrogens is 373 g/mol. The molecule has 2 aliphatic carbocycles. The number of ether oxygens (including phenoxy) is 1. The van der Waals surface area contributed by atoms with E-state index in [1.807, 2.05) is 4.90 Å². The van der Waals surface area contributed by atoms with Crippen molar-refractivity contribution in [3.63, 3.8) is 0 Å². The zero-order valence-corrected chi connectivity index (χ0v) is 15.9. The van der Waals surface area contributed by atoms with E-state index in [0.29, 0.717) is 48.6 Å². The Morgan fingerprint density at radius 2 is 1.96 bits per heavy atom. The minimum atomic E-state index is -2.97. The van der Waals surface area contributed by atoms with Gasteiger partial charge in [-0.25, -0.2) is 9.37 Å². The van der Waals surface area contributed by atoms with Crippen molar-refractivity contribution in [2.24, 2.45) is 17.8 Å². The normalized spacial score (nSPS) is 34.7. The Morgan fingerprint density at radius 3 is 2.57 bits per heavy atom. The summed E-state index contributed by atoms with van der Waals surface area (Å²) in [7, 11) is 1.39. The Labute approximate surface area is 161 Å². The summed E-state index contributed by atoms with van der Waals surface area (Å²) in [4.78, 5) is 24.0. The second-order valence-electron chi connectivity index (χ2n) is 8.46. The van der Waals surface area contributed by atoms with Crippen LogP contribution in [0.15, 0.2) is 0 Å². The summed E-state index contributed by atoms with van der Waals surface area (Å²) in [6.45, 7) is 3.24. The molecule has 5 rings (SSSR count). The summed E-state index contributed by atoms with van der Waals surface area (Å²) in [5, 5.41) is 0. The van der Waals surface area contributed by atoms with Crippen LogP contribution >= 0.6 is 0 Å². The molecule has 0 bridgehead atoms. The van der Waals surface area contributed by atoms with E-state index in [1.54, 1.807) is 11.8 Å². The van der Waals surface area contributed by atoms with Crippen LogP contribution in [-0.4, -0.2) is 54.9 Å². The molecule has 5 atom stereocenters. The first-order valence-electron chi connectivity index (χ1n) is 9.82. The van der Waals surface area contributed by atoms with Crippen LogP contribution in [0.25, 0.3) is 0 Å². The Morgan fingerprint density at radius 1 is 1.25 bits per heavy atom. The first kappa shape index (κ1) is 18.0. The summed E-state index contributed by atoms with van der Waals surface area (Å²) >= 11 is 0. The number of nitrogens with zero attached hydrogens (tertiary/aromatic N) is 4. The molecule has 9 heteroatoms. The van der Waals surface area contributed by atoms with Crippen molar-refractivity contribution in [3.05, 3.63) is 11.3 Å². The number of anilines is 2. The Balaban J connectivity index is 1.41. The third kappa shape index (κ3) is 2.58. The monoisotopic (exact) mass is 396 g/mol. The van der Waals surface area contributed by atoms with Crippen LogP contribution in [0.4, 0.5) is 24.9 Å². The molecule has 2 unspecified atom stereocenters. The van der Waals surface area contributed by atoms with E-state index in [-0.39, 0.29) is 37.0 Å². The molecule has 0 amide bonds. The minimum absolute atomic E-state index is 0.136. The summed E-state index contributed by atoms with van der Waals surface area (Å²) in [6, 6.07) is -0.405. The standard InChI is InChI=1S/C19H23F3N4O2/c1-9-14(20)8-26(9)18-23-16-10(3-4-19(16,21)22)17(24-18)25-6-12-11(13(12)7-25)5-15(27)28-2/h9,11-14H,3-8H2,1-2H3/t9?,11-,12+,13-,14?. The topological polar surface area (TPSA) is 58.6 Å². The van der Waals surface area contributed by atoms with E-state index in [0.717, 1.165) is 0 Å². The maximum Gasteiger partial charge on any atom is 0.305 e. The highest BCUT2D eigenvalue weighted by Crippen LogP contribution is 2.55. The van der Waals surface area contributed by atoms with Crippen LogP contribution in [0.1, 0.15) is 31.0 Å². The summed E-state index contributed by atoms with van der Waals surface area (Å²) in [5.74, 6) is -1.37. The van der Waals surface area contributed by atoms with Gasteiger partial charge in [0.2, 0.25) is 5.95 Å². The SMILES string of the molecule is COC(=O)C[C@H]1[C@H]2CN(c3nc(N4CC(F)C4C)nc4c3CCC4(F)F)C[C@@H]12. The highest BCUT2D eigenvalue weighted by atomic mass is 19.3. The number of piperidine rings is 1. The molecule has 4 aliphatic rings. The zero-order chi connectivity index (χ0) is 19.8. The number of hydrogen-bond acceptors (Lipinski definition) is 6. The number of carbonyl (C=O) groups excluding carboxylic acids is 1. The zero-order valence-electron chi connectivity index (χ0n) is 15.9. The van der Waals surface area contributed by atoms with Gasteiger partial charge >= 0.3 is 5.97 Å². The first-order valence-corrected chi connectivity index (χ1v) is 9.82. The number of alkyl halides is 3. The highest BCUT2D eigenvalue weighted by Gasteiger charge is 2.57. The van der Waals surface area contributed by atoms with E-state index in [2.05, 4.69) is 9.97 Å². The third-order valence-corrected chi connectivity index (χ3v) is 6.95. The molecular formula is C19H23F3N4O2. The van der Waals surface area contributed by atoms with Crippen molar-refractivity contribution in [1.82, 2.24) is 9.97 Å². The fraction of sp³-hybridized carbons (Fsp3) is 0.737. The van der Waals surface area contributed by atoms with Gasteiger partial charge in [0.15, 0.2) is 0 Å². The number of esters is 1. The van der Waals surface area contributed by atoms with Gasteiger partial charge in [-0.2, -0.15) is 13.8 Å². The van der Waals surface area contributed by atoms with Crippen molar-refractivity contribution in [2.75, 3.05) is 36.5 Å². The van der Waals surface area contributed by atoms with E-state index < -0.39 is 18.1 Å². The Kier molecular flexibility index (Phi) is 3.84. The predicted octanol–water partition coefficient (Wildman–Crippen LogP) is 2.31. The molecule has 1 aromatic heterocycles. The smallest absolute Gasteiger partial charge is 0.305 e. The lowest BCUT2D eigenvalue weighted by molar-refractivity contribution is -0.141. The molecule has 0 radical (unpaired) electrons. The average molecular weight is 396 g/mol. The van der Waals surface area contributed by atoms with Crippen molar-refractivity contribution in [3.8, 4) is 0 Å². The molecule has 28 heavy (non-hydrogen) atoms. The Hall–Kier alpha value is -2.06. The van der Waals surface area contributed by atoms with E-state index in [1.165, 1.54) is 7.11 Å². The lowest BCUT2D eigenvalue weighted by atomic mass is 10.0. The van der Waals surface area contributed by atoms with Crippen LogP contribution < -0.4 is 9.80 Å². The van der Waals surface area contributed by atoms with E-state index >= 15 is 0 Å². The maximum absolute atomic E-state index is 14.4. The molecule has 0 aromatic carbocycles. The molecule has 6 nitrogen and oxygen atoms in total. The molecule has 0 N–H and O–H groups in total. The Bertz CT molecular complexity index is 824. The third-order valence-electron chi connectivity index (χ3n) is 6.95. The van der Waals surface area contributed by atoms with Gasteiger partial charge in [0.25, 0.3) is 5.92 Å². The van der Waals surface area contributed by atoms with Gasteiger partial charge in [-0.3, -0.25) is 4.79 Å². The van der Waals surface area contributed by atoms with Gasteiger partial charge in [-0.15, -0.1) is 0 Å². The van der Waals surface area contributed by atoms with Crippen LogP contribution in [0, 0.1) is 17.8 Å². The predicted molar refractivity (Wildman–Crippen MR) is 95.3 cm³/mol. The largest absolute Gasteiger partial charge is 0.469 e. The fourth-order valence-corrected chi connectivity index (χ4v) is 5.01. The highest BCUT2D eigenvalue weighted by molar-refractivity contribution is 5.70. The fourth-order valence-electron chi connectivity index (χ4n) is 5.01. The number of rotatable bonds is 4. The minimum Gasteiger partial charge on any atom is -0.469 e. The molecule has 3 heterocycles. The van der Waals surface area contributed by atoms with Crippen LogP contribution in [0.5, 0.6) is 0 Å². The lowest BCUT2D eigenvalue weighted by Gasteiger charge is -2.42. The van der Waals surface area contributed by atoms with Crippen molar-refractivity contribution >= 4 is 17.7 Å². The van der Waals surface area contributed by atoms with Crippen LogP contribution in [0.2, 0.25) is 0 Å². The molecule has 152 valence electrons. The number of fused-ring (bicyclic) bond motifs is 2. The second-order valence-corrected chi connectivity index (χ2v) is 8.46. The van der Waals surface area contributed by atoms with Gasteiger partial charge in [-0.1, -0.05) is 0 Å². The lowest BCUT2D eigenvalue weighted by Crippen LogP contribution is -2.57. The molecule has 3 fully saturated rings. The number of hydrogen-bond donors (Lipinski definition) is 0. The number of halogens is 3. The number of aromatic nitrogens is 2. The maximum atomic E-state index is 14.4. The van der Waals surface area contributed by atoms with Gasteiger partial charge in [0.05, 0.1) is 19.7 Å². The summed E-state index contributed by atoms with van der Waals surface area (Å²) < 4.78 is 47.2. The van der Waals surface area contributed by atoms with E-state index in [4.69, 9.17) is 4.74 Å². The van der Waals surface area contributed by atoms with Gasteiger partial charge in [0.1, 0.15) is 17.7 Å². The summed E-state index contributed by atoms with van der Waals surface area (Å²) in [5.41, 5.74) is 0.318. The van der Waals surface area contributed by atoms with Crippen LogP contribution in [0.3, 0.4) is 0 Å². The number of methoxy groups -OCH3 is 1. The molecule has 2 saturated heterocycles. The quantitative estimate of drug-likeness (QED) is 0.728. The van der Waals surface area contributed by atoms with E-state index in [9.17, 15) is 18.0 Å². The van der Waals surface area contributed by atoms with Crippen LogP contribution in [-0.2, 0) is 21.9 Å².